The minimum atomic E-state index is -0.0248. The maximum Gasteiger partial charge on any atom is 0.0703 e. The van der Waals surface area contributed by atoms with E-state index < -0.39 is 0 Å². The van der Waals surface area contributed by atoms with Crippen molar-refractivity contribution < 1.29 is 0 Å². The predicted molar refractivity (Wildman–Crippen MR) is 76.7 cm³/mol. The van der Waals surface area contributed by atoms with Gasteiger partial charge in [-0.15, -0.1) is 0 Å². The van der Waals surface area contributed by atoms with Gasteiger partial charge >= 0.3 is 0 Å². The van der Waals surface area contributed by atoms with E-state index in [9.17, 15) is 0 Å². The van der Waals surface area contributed by atoms with Gasteiger partial charge in [-0.1, -0.05) is 18.2 Å². The zero-order valence-corrected chi connectivity index (χ0v) is 11.8. The van der Waals surface area contributed by atoms with Crippen molar-refractivity contribution >= 4 is 0 Å². The first-order chi connectivity index (χ1) is 9.21. The minimum absolute atomic E-state index is 0.0248. The van der Waals surface area contributed by atoms with Gasteiger partial charge in [0, 0.05) is 13.1 Å². The number of nitrogens with zero attached hydrogens (tertiary/aromatic N) is 2. The van der Waals surface area contributed by atoms with Gasteiger partial charge < -0.3 is 4.90 Å². The predicted octanol–water partition coefficient (Wildman–Crippen LogP) is 3.30. The summed E-state index contributed by atoms with van der Waals surface area (Å²) in [5.41, 5.74) is 4.48. The molecule has 19 heavy (non-hydrogen) atoms. The smallest absolute Gasteiger partial charge is 0.0703 e. The Hall–Kier alpha value is -1.33. The summed E-state index contributed by atoms with van der Waals surface area (Å²) in [7, 11) is 2.14. The summed E-state index contributed by atoms with van der Waals surface area (Å²) in [4.78, 5) is 2.31. The monoisotopic (exact) mass is 254 g/mol. The Kier molecular flexibility index (Phi) is 3.33. The summed E-state index contributed by atoms with van der Waals surface area (Å²) in [6, 6.07) is 9.45. The van der Waals surface area contributed by atoms with E-state index in [0.29, 0.717) is 0 Å². The second kappa shape index (κ2) is 4.98. The zero-order valence-electron chi connectivity index (χ0n) is 11.8. The van der Waals surface area contributed by atoms with E-state index in [-0.39, 0.29) is 5.41 Å². The fraction of sp³-hybridized carbons (Fsp3) is 0.588. The van der Waals surface area contributed by atoms with Gasteiger partial charge in [0.25, 0.3) is 0 Å². The molecule has 0 N–H and O–H groups in total. The Bertz CT molecular complexity index is 508. The van der Waals surface area contributed by atoms with E-state index in [0.717, 1.165) is 25.9 Å². The number of fused-ring (bicyclic) bond motifs is 1. The summed E-state index contributed by atoms with van der Waals surface area (Å²) in [5.74, 6) is 0. The van der Waals surface area contributed by atoms with E-state index in [1.165, 1.54) is 31.2 Å². The normalized spacial score (nSPS) is 19.8. The van der Waals surface area contributed by atoms with Gasteiger partial charge in [0.1, 0.15) is 0 Å². The molecule has 0 aromatic heterocycles. The summed E-state index contributed by atoms with van der Waals surface area (Å²) < 4.78 is 0. The average Bonchev–Trinajstić information content (AvgIpc) is 3.19. The summed E-state index contributed by atoms with van der Waals surface area (Å²) in [6.07, 6.45) is 7.34. The minimum Gasteiger partial charge on any atom is -0.301 e. The molecule has 0 radical (unpaired) electrons. The third-order valence-corrected chi connectivity index (χ3v) is 4.53. The number of aryl methyl sites for hydroxylation is 2. The van der Waals surface area contributed by atoms with Crippen molar-refractivity contribution in [1.82, 2.24) is 4.90 Å². The second-order valence-electron chi connectivity index (χ2n) is 6.37. The Labute approximate surface area is 116 Å². The zero-order chi connectivity index (χ0) is 13.3. The molecule has 0 heterocycles. The third kappa shape index (κ3) is 2.82. The first kappa shape index (κ1) is 12.7. The molecule has 1 aromatic carbocycles. The maximum absolute atomic E-state index is 9.15. The lowest BCUT2D eigenvalue weighted by atomic mass is 9.90. The van der Waals surface area contributed by atoms with Crippen LogP contribution in [-0.4, -0.2) is 18.5 Å². The van der Waals surface area contributed by atoms with Gasteiger partial charge in [-0.25, -0.2) is 0 Å². The summed E-state index contributed by atoms with van der Waals surface area (Å²) >= 11 is 0. The molecule has 2 aliphatic rings. The topological polar surface area (TPSA) is 27.0 Å². The molecule has 2 aliphatic carbocycles. The molecule has 2 heteroatoms. The van der Waals surface area contributed by atoms with Crippen LogP contribution in [0.25, 0.3) is 0 Å². The van der Waals surface area contributed by atoms with E-state index in [1.807, 2.05) is 0 Å². The number of hydrogen-bond donors (Lipinski definition) is 0. The highest BCUT2D eigenvalue weighted by molar-refractivity contribution is 5.33. The molecule has 0 amide bonds. The fourth-order valence-corrected chi connectivity index (χ4v) is 3.23. The van der Waals surface area contributed by atoms with Crippen molar-refractivity contribution in [2.24, 2.45) is 5.41 Å². The maximum atomic E-state index is 9.15. The van der Waals surface area contributed by atoms with Crippen LogP contribution >= 0.6 is 0 Å². The van der Waals surface area contributed by atoms with Crippen LogP contribution < -0.4 is 0 Å². The average molecular weight is 254 g/mol. The highest BCUT2D eigenvalue weighted by Gasteiger charge is 2.43. The fourth-order valence-electron chi connectivity index (χ4n) is 3.23. The number of hydrogen-bond acceptors (Lipinski definition) is 2. The van der Waals surface area contributed by atoms with Crippen molar-refractivity contribution in [1.29, 1.82) is 5.26 Å². The highest BCUT2D eigenvalue weighted by atomic mass is 15.1. The van der Waals surface area contributed by atoms with E-state index in [1.54, 1.807) is 11.1 Å². The molecule has 0 saturated heterocycles. The van der Waals surface area contributed by atoms with E-state index in [4.69, 9.17) is 5.26 Å². The third-order valence-electron chi connectivity index (χ3n) is 4.53. The van der Waals surface area contributed by atoms with E-state index >= 15 is 0 Å². The van der Waals surface area contributed by atoms with Crippen LogP contribution in [0.5, 0.6) is 0 Å². The summed E-state index contributed by atoms with van der Waals surface area (Å²) in [5, 5.41) is 9.15. The number of nitriles is 1. The van der Waals surface area contributed by atoms with Crippen molar-refractivity contribution in [3.8, 4) is 6.07 Å². The molecular weight excluding hydrogens is 232 g/mol. The molecule has 1 saturated carbocycles. The highest BCUT2D eigenvalue weighted by Crippen LogP contribution is 2.45. The van der Waals surface area contributed by atoms with Crippen molar-refractivity contribution in [2.75, 3.05) is 13.6 Å². The number of benzene rings is 1. The molecule has 0 atom stereocenters. The molecule has 1 fully saturated rings. The lowest BCUT2D eigenvalue weighted by Crippen LogP contribution is -2.25. The molecular formula is C17H22N2. The van der Waals surface area contributed by atoms with Gasteiger partial charge in [0.15, 0.2) is 0 Å². The van der Waals surface area contributed by atoms with Crippen molar-refractivity contribution in [3.63, 3.8) is 0 Å². The van der Waals surface area contributed by atoms with Gasteiger partial charge in [0.2, 0.25) is 0 Å². The van der Waals surface area contributed by atoms with Gasteiger partial charge in [-0.05, 0) is 62.3 Å². The molecule has 1 aromatic rings. The van der Waals surface area contributed by atoms with Gasteiger partial charge in [-0.2, -0.15) is 5.26 Å². The standard InChI is InChI=1S/C17H22N2/c1-19(13-17(12-18)8-9-17)11-14-6-7-15-4-2-3-5-16(15)10-14/h6-7,10H,2-5,8-9,11,13H2,1H3. The van der Waals surface area contributed by atoms with E-state index in [2.05, 4.69) is 36.2 Å². The van der Waals surface area contributed by atoms with Gasteiger partial charge in [0.05, 0.1) is 11.5 Å². The molecule has 0 spiro atoms. The lowest BCUT2D eigenvalue weighted by Gasteiger charge is -2.21. The number of rotatable bonds is 4. The van der Waals surface area contributed by atoms with Crippen LogP contribution in [0.15, 0.2) is 18.2 Å². The largest absolute Gasteiger partial charge is 0.301 e. The van der Waals surface area contributed by atoms with Crippen molar-refractivity contribution in [3.05, 3.63) is 34.9 Å². The first-order valence-corrected chi connectivity index (χ1v) is 7.41. The Morgan fingerprint density at radius 2 is 1.95 bits per heavy atom. The Balaban J connectivity index is 1.65. The van der Waals surface area contributed by atoms with Gasteiger partial charge in [-0.3, -0.25) is 0 Å². The van der Waals surface area contributed by atoms with Crippen LogP contribution in [0.4, 0.5) is 0 Å². The Morgan fingerprint density at radius 1 is 1.21 bits per heavy atom. The Morgan fingerprint density at radius 3 is 2.63 bits per heavy atom. The van der Waals surface area contributed by atoms with Crippen LogP contribution in [0.1, 0.15) is 42.4 Å². The quantitative estimate of drug-likeness (QED) is 0.824. The molecule has 100 valence electrons. The summed E-state index contributed by atoms with van der Waals surface area (Å²) in [6.45, 7) is 1.89. The second-order valence-corrected chi connectivity index (χ2v) is 6.37. The lowest BCUT2D eigenvalue weighted by molar-refractivity contribution is 0.286. The molecule has 0 unspecified atom stereocenters. The van der Waals surface area contributed by atoms with Crippen LogP contribution in [0.2, 0.25) is 0 Å². The van der Waals surface area contributed by atoms with Crippen LogP contribution in [0.3, 0.4) is 0 Å². The van der Waals surface area contributed by atoms with Crippen molar-refractivity contribution in [2.45, 2.75) is 45.1 Å². The molecule has 2 nitrogen and oxygen atoms in total. The van der Waals surface area contributed by atoms with Crippen LogP contribution in [0, 0.1) is 16.7 Å². The molecule has 0 bridgehead atoms. The van der Waals surface area contributed by atoms with Crippen LogP contribution in [-0.2, 0) is 19.4 Å². The first-order valence-electron chi connectivity index (χ1n) is 7.41. The molecule has 0 aliphatic heterocycles. The SMILES string of the molecule is CN(Cc1ccc2c(c1)CCCC2)CC1(C#N)CC1. The molecule has 3 rings (SSSR count).